The van der Waals surface area contributed by atoms with Crippen molar-refractivity contribution in [3.63, 3.8) is 0 Å². The smallest absolute Gasteiger partial charge is 0.309 e. The number of hydrogen-bond acceptors (Lipinski definition) is 4. The SMILES string of the molecule is C[C@@H]1CC[C@@H](O)/C=C/[C@@H](O)CC(=O)O1. The Hall–Kier alpha value is -0.870. The summed E-state index contributed by atoms with van der Waals surface area (Å²) in [6, 6.07) is 0. The summed E-state index contributed by atoms with van der Waals surface area (Å²) in [5, 5.41) is 18.7. The summed E-state index contributed by atoms with van der Waals surface area (Å²) >= 11 is 0. The van der Waals surface area contributed by atoms with Crippen LogP contribution in [0.5, 0.6) is 0 Å². The molecule has 0 aromatic heterocycles. The number of ether oxygens (including phenoxy) is 1. The van der Waals surface area contributed by atoms with Gasteiger partial charge in [-0.05, 0) is 19.8 Å². The zero-order valence-corrected chi connectivity index (χ0v) is 8.22. The van der Waals surface area contributed by atoms with Crippen LogP contribution < -0.4 is 0 Å². The van der Waals surface area contributed by atoms with E-state index in [1.165, 1.54) is 12.2 Å². The van der Waals surface area contributed by atoms with E-state index in [0.717, 1.165) is 0 Å². The number of carbonyl (C=O) groups excluding carboxylic acids is 1. The Morgan fingerprint density at radius 2 is 1.93 bits per heavy atom. The molecule has 0 aromatic rings. The molecule has 2 N–H and O–H groups in total. The molecule has 0 saturated carbocycles. The average molecular weight is 200 g/mol. The summed E-state index contributed by atoms with van der Waals surface area (Å²) in [4.78, 5) is 11.1. The first-order valence-electron chi connectivity index (χ1n) is 4.82. The number of aliphatic hydroxyl groups excluding tert-OH is 2. The summed E-state index contributed by atoms with van der Waals surface area (Å²) < 4.78 is 5.00. The highest BCUT2D eigenvalue weighted by Crippen LogP contribution is 2.10. The van der Waals surface area contributed by atoms with E-state index in [9.17, 15) is 15.0 Å². The maximum atomic E-state index is 11.1. The largest absolute Gasteiger partial charge is 0.463 e. The van der Waals surface area contributed by atoms with Gasteiger partial charge in [0.25, 0.3) is 0 Å². The minimum Gasteiger partial charge on any atom is -0.463 e. The molecule has 80 valence electrons. The highest BCUT2D eigenvalue weighted by Gasteiger charge is 2.16. The Labute approximate surface area is 83.2 Å². The van der Waals surface area contributed by atoms with Crippen LogP contribution in [0.25, 0.3) is 0 Å². The quantitative estimate of drug-likeness (QED) is 0.438. The minimum atomic E-state index is -0.859. The van der Waals surface area contributed by atoms with E-state index in [1.54, 1.807) is 6.92 Å². The van der Waals surface area contributed by atoms with Crippen molar-refractivity contribution in [2.45, 2.75) is 44.5 Å². The fourth-order valence-corrected chi connectivity index (χ4v) is 1.33. The van der Waals surface area contributed by atoms with Gasteiger partial charge in [-0.3, -0.25) is 4.79 Å². The highest BCUT2D eigenvalue weighted by molar-refractivity contribution is 5.70. The van der Waals surface area contributed by atoms with Crippen molar-refractivity contribution in [3.05, 3.63) is 12.2 Å². The highest BCUT2D eigenvalue weighted by atomic mass is 16.5. The van der Waals surface area contributed by atoms with Gasteiger partial charge in [0.1, 0.15) is 0 Å². The van der Waals surface area contributed by atoms with E-state index >= 15 is 0 Å². The molecule has 0 fully saturated rings. The van der Waals surface area contributed by atoms with Crippen LogP contribution in [-0.2, 0) is 9.53 Å². The van der Waals surface area contributed by atoms with E-state index in [4.69, 9.17) is 4.74 Å². The Balaban J connectivity index is 2.60. The zero-order valence-electron chi connectivity index (χ0n) is 8.22. The summed E-state index contributed by atoms with van der Waals surface area (Å²) in [6.45, 7) is 1.78. The molecule has 4 nitrogen and oxygen atoms in total. The fourth-order valence-electron chi connectivity index (χ4n) is 1.33. The second-order valence-electron chi connectivity index (χ2n) is 3.60. The summed E-state index contributed by atoms with van der Waals surface area (Å²) in [5.41, 5.74) is 0. The lowest BCUT2D eigenvalue weighted by atomic mass is 10.1. The zero-order chi connectivity index (χ0) is 10.6. The number of esters is 1. The third-order valence-corrected chi connectivity index (χ3v) is 2.13. The molecule has 0 saturated heterocycles. The van der Waals surface area contributed by atoms with Gasteiger partial charge in [0.05, 0.1) is 24.7 Å². The van der Waals surface area contributed by atoms with Crippen molar-refractivity contribution in [1.29, 1.82) is 0 Å². The van der Waals surface area contributed by atoms with Crippen LogP contribution in [0, 0.1) is 0 Å². The Bertz CT molecular complexity index is 224. The van der Waals surface area contributed by atoms with E-state index in [0.29, 0.717) is 12.8 Å². The lowest BCUT2D eigenvalue weighted by Crippen LogP contribution is -2.22. The van der Waals surface area contributed by atoms with Crippen LogP contribution in [0.2, 0.25) is 0 Å². The maximum absolute atomic E-state index is 11.1. The van der Waals surface area contributed by atoms with Gasteiger partial charge >= 0.3 is 5.97 Å². The Kier molecular flexibility index (Phi) is 4.10. The first kappa shape index (κ1) is 11.2. The molecule has 0 bridgehead atoms. The molecule has 0 spiro atoms. The van der Waals surface area contributed by atoms with E-state index in [-0.39, 0.29) is 12.5 Å². The van der Waals surface area contributed by atoms with Crippen LogP contribution in [-0.4, -0.2) is 34.5 Å². The van der Waals surface area contributed by atoms with E-state index in [1.807, 2.05) is 0 Å². The fraction of sp³-hybridized carbons (Fsp3) is 0.700. The summed E-state index contributed by atoms with van der Waals surface area (Å²) in [6.07, 6.45) is 2.46. The van der Waals surface area contributed by atoms with Crippen molar-refractivity contribution in [1.82, 2.24) is 0 Å². The second-order valence-corrected chi connectivity index (χ2v) is 3.60. The van der Waals surface area contributed by atoms with Gasteiger partial charge in [-0.25, -0.2) is 0 Å². The van der Waals surface area contributed by atoms with Crippen molar-refractivity contribution >= 4 is 5.97 Å². The van der Waals surface area contributed by atoms with Gasteiger partial charge in [0.2, 0.25) is 0 Å². The Morgan fingerprint density at radius 1 is 1.29 bits per heavy atom. The lowest BCUT2D eigenvalue weighted by Gasteiger charge is -2.17. The van der Waals surface area contributed by atoms with Crippen molar-refractivity contribution < 1.29 is 19.7 Å². The van der Waals surface area contributed by atoms with Gasteiger partial charge in [0.15, 0.2) is 0 Å². The van der Waals surface area contributed by atoms with E-state index < -0.39 is 18.2 Å². The standard InChI is InChI=1S/C10H16O4/c1-7-2-3-8(11)4-5-9(12)6-10(13)14-7/h4-5,7-9,11-12H,2-3,6H2,1H3/b5-4+/t7-,8-,9-/m1/s1. The Morgan fingerprint density at radius 3 is 2.64 bits per heavy atom. The van der Waals surface area contributed by atoms with Crippen LogP contribution in [0.1, 0.15) is 26.2 Å². The second kappa shape index (κ2) is 5.12. The van der Waals surface area contributed by atoms with Crippen LogP contribution in [0.4, 0.5) is 0 Å². The molecular formula is C10H16O4. The predicted molar refractivity (Wildman–Crippen MR) is 50.6 cm³/mol. The predicted octanol–water partition coefficient (Wildman–Crippen LogP) is 0.380. The molecular weight excluding hydrogens is 184 g/mol. The number of hydrogen-bond donors (Lipinski definition) is 2. The molecule has 0 aromatic carbocycles. The van der Waals surface area contributed by atoms with Crippen molar-refractivity contribution in [2.75, 3.05) is 0 Å². The first-order chi connectivity index (χ1) is 6.58. The molecule has 1 rings (SSSR count). The minimum absolute atomic E-state index is 0.0481. The van der Waals surface area contributed by atoms with E-state index in [2.05, 4.69) is 0 Å². The normalized spacial score (nSPS) is 37.4. The summed E-state index contributed by atoms with van der Waals surface area (Å²) in [5.74, 6) is -0.397. The molecule has 0 aliphatic carbocycles. The topological polar surface area (TPSA) is 66.8 Å². The molecule has 0 unspecified atom stereocenters. The lowest BCUT2D eigenvalue weighted by molar-refractivity contribution is -0.150. The molecule has 0 amide bonds. The van der Waals surface area contributed by atoms with Crippen LogP contribution >= 0.6 is 0 Å². The van der Waals surface area contributed by atoms with Crippen molar-refractivity contribution in [3.8, 4) is 0 Å². The van der Waals surface area contributed by atoms with Gasteiger partial charge in [0, 0.05) is 0 Å². The van der Waals surface area contributed by atoms with Gasteiger partial charge in [-0.15, -0.1) is 0 Å². The molecule has 3 atom stereocenters. The number of rotatable bonds is 0. The monoisotopic (exact) mass is 200 g/mol. The molecule has 1 aliphatic rings. The van der Waals surface area contributed by atoms with Gasteiger partial charge < -0.3 is 14.9 Å². The van der Waals surface area contributed by atoms with Gasteiger partial charge in [-0.1, -0.05) is 12.2 Å². The molecule has 0 radical (unpaired) electrons. The number of aliphatic hydroxyl groups is 2. The third-order valence-electron chi connectivity index (χ3n) is 2.13. The molecule has 1 aliphatic heterocycles. The average Bonchev–Trinajstić information content (AvgIpc) is 2.10. The number of carbonyl (C=O) groups is 1. The molecule has 4 heteroatoms. The van der Waals surface area contributed by atoms with Crippen molar-refractivity contribution in [2.24, 2.45) is 0 Å². The number of cyclic esters (lactones) is 1. The first-order valence-corrected chi connectivity index (χ1v) is 4.82. The third kappa shape index (κ3) is 3.89. The molecule has 1 heterocycles. The maximum Gasteiger partial charge on any atom is 0.309 e. The summed E-state index contributed by atoms with van der Waals surface area (Å²) in [7, 11) is 0. The van der Waals surface area contributed by atoms with Crippen LogP contribution in [0.3, 0.4) is 0 Å². The molecule has 14 heavy (non-hydrogen) atoms. The van der Waals surface area contributed by atoms with Crippen LogP contribution in [0.15, 0.2) is 12.2 Å². The van der Waals surface area contributed by atoms with Gasteiger partial charge in [-0.2, -0.15) is 0 Å².